The van der Waals surface area contributed by atoms with Gasteiger partial charge in [0.25, 0.3) is 5.91 Å². The van der Waals surface area contributed by atoms with E-state index in [1.54, 1.807) is 38.1 Å². The highest BCUT2D eigenvalue weighted by Gasteiger charge is 2.21. The van der Waals surface area contributed by atoms with Gasteiger partial charge in [0, 0.05) is 11.6 Å². The number of rotatable bonds is 3. The van der Waals surface area contributed by atoms with Crippen molar-refractivity contribution >= 4 is 28.5 Å². The summed E-state index contributed by atoms with van der Waals surface area (Å²) in [7, 11) is 0. The van der Waals surface area contributed by atoms with Gasteiger partial charge >= 0.3 is 0 Å². The Morgan fingerprint density at radius 1 is 1.35 bits per heavy atom. The van der Waals surface area contributed by atoms with Gasteiger partial charge in [-0.05, 0) is 43.6 Å². The van der Waals surface area contributed by atoms with Crippen LogP contribution in [0.1, 0.15) is 30.0 Å². The predicted molar refractivity (Wildman–Crippen MR) is 85.4 cm³/mol. The Morgan fingerprint density at radius 3 is 2.74 bits per heavy atom. The molecular formula is C15H14ClN5O2. The van der Waals surface area contributed by atoms with Crippen LogP contribution >= 0.6 is 11.6 Å². The number of amides is 1. The zero-order valence-corrected chi connectivity index (χ0v) is 13.2. The Bertz CT molecular complexity index is 914. The smallest absolute Gasteiger partial charge is 0.265 e. The van der Waals surface area contributed by atoms with E-state index in [4.69, 9.17) is 17.3 Å². The van der Waals surface area contributed by atoms with Gasteiger partial charge in [-0.1, -0.05) is 6.07 Å². The summed E-state index contributed by atoms with van der Waals surface area (Å²) in [5.41, 5.74) is 5.41. The van der Waals surface area contributed by atoms with Crippen molar-refractivity contribution in [3.8, 4) is 5.82 Å². The molecule has 3 aromatic heterocycles. The van der Waals surface area contributed by atoms with Crippen LogP contribution in [0, 0.1) is 0 Å². The van der Waals surface area contributed by atoms with E-state index in [2.05, 4.69) is 15.0 Å². The lowest BCUT2D eigenvalue weighted by Gasteiger charge is -2.18. The highest BCUT2D eigenvalue weighted by Crippen LogP contribution is 2.24. The molecular weight excluding hydrogens is 318 g/mol. The quantitative estimate of drug-likeness (QED) is 0.711. The van der Waals surface area contributed by atoms with Crippen LogP contribution in [0.4, 0.5) is 0 Å². The first-order valence-electron chi connectivity index (χ1n) is 6.81. The molecule has 0 aliphatic heterocycles. The van der Waals surface area contributed by atoms with Crippen molar-refractivity contribution in [2.75, 3.05) is 0 Å². The Hall–Kier alpha value is -2.51. The maximum atomic E-state index is 11.8. The number of carbonyl (C=O) groups excluding carboxylic acids is 1. The van der Waals surface area contributed by atoms with Crippen LogP contribution < -0.4 is 5.73 Å². The fourth-order valence-corrected chi connectivity index (χ4v) is 2.40. The first-order valence-corrected chi connectivity index (χ1v) is 7.19. The van der Waals surface area contributed by atoms with Crippen molar-refractivity contribution < 1.29 is 9.90 Å². The summed E-state index contributed by atoms with van der Waals surface area (Å²) in [6.07, 6.45) is 1.51. The third-order valence-electron chi connectivity index (χ3n) is 3.35. The molecule has 3 heterocycles. The third-order valence-corrected chi connectivity index (χ3v) is 3.54. The minimum atomic E-state index is -1.13. The summed E-state index contributed by atoms with van der Waals surface area (Å²) in [6.45, 7) is 3.25. The van der Waals surface area contributed by atoms with Crippen molar-refractivity contribution in [2.24, 2.45) is 5.73 Å². The molecule has 0 fully saturated rings. The summed E-state index contributed by atoms with van der Waals surface area (Å²) < 4.78 is 1.50. The fraction of sp³-hybridized carbons (Fsp3) is 0.200. The number of pyridine rings is 1. The molecule has 8 heteroatoms. The van der Waals surface area contributed by atoms with Gasteiger partial charge in [-0.2, -0.15) is 4.98 Å². The molecule has 118 valence electrons. The molecule has 0 saturated carbocycles. The summed E-state index contributed by atoms with van der Waals surface area (Å²) >= 11 is 5.86. The van der Waals surface area contributed by atoms with Crippen LogP contribution in [0.25, 0.3) is 16.9 Å². The molecule has 0 aliphatic rings. The first kappa shape index (κ1) is 15.4. The molecule has 3 N–H and O–H groups in total. The average Bonchev–Trinajstić information content (AvgIpc) is 2.85. The van der Waals surface area contributed by atoms with Gasteiger partial charge in [0.15, 0.2) is 5.65 Å². The standard InChI is InChI=1S/C15H14ClN5O2/c1-15(2,23)10-4-3-5-11(19-10)21-9(12(17)22)6-8-7-18-14(16)20-13(8)21/h3-7,23H,1-2H3,(H2,17,22). The summed E-state index contributed by atoms with van der Waals surface area (Å²) in [5, 5.41) is 10.8. The van der Waals surface area contributed by atoms with E-state index < -0.39 is 11.5 Å². The van der Waals surface area contributed by atoms with Crippen molar-refractivity contribution in [3.63, 3.8) is 0 Å². The summed E-state index contributed by atoms with van der Waals surface area (Å²) in [5.74, 6) is -0.224. The SMILES string of the molecule is CC(C)(O)c1cccc(-n2c(C(N)=O)cc3cnc(Cl)nc32)n1. The van der Waals surface area contributed by atoms with Gasteiger partial charge in [0.1, 0.15) is 17.1 Å². The number of hydrogen-bond donors (Lipinski definition) is 2. The highest BCUT2D eigenvalue weighted by atomic mass is 35.5. The number of aliphatic hydroxyl groups is 1. The number of fused-ring (bicyclic) bond motifs is 1. The topological polar surface area (TPSA) is 107 Å². The molecule has 0 aromatic carbocycles. The number of nitrogens with two attached hydrogens (primary N) is 1. The van der Waals surface area contributed by atoms with Crippen LogP contribution in [0.2, 0.25) is 5.28 Å². The number of carbonyl (C=O) groups is 1. The molecule has 3 rings (SSSR count). The molecule has 0 aliphatic carbocycles. The van der Waals surface area contributed by atoms with E-state index in [0.717, 1.165) is 0 Å². The van der Waals surface area contributed by atoms with E-state index in [1.807, 2.05) is 0 Å². The second-order valence-corrected chi connectivity index (χ2v) is 5.93. The monoisotopic (exact) mass is 331 g/mol. The Kier molecular flexibility index (Phi) is 3.54. The van der Waals surface area contributed by atoms with Crippen LogP contribution in [0.3, 0.4) is 0 Å². The third kappa shape index (κ3) is 2.76. The van der Waals surface area contributed by atoms with Gasteiger partial charge in [-0.25, -0.2) is 9.97 Å². The van der Waals surface area contributed by atoms with Crippen molar-refractivity contribution in [3.05, 3.63) is 47.1 Å². The maximum absolute atomic E-state index is 11.8. The number of primary amides is 1. The molecule has 3 aromatic rings. The largest absolute Gasteiger partial charge is 0.384 e. The number of aromatic nitrogens is 4. The molecule has 0 saturated heterocycles. The normalized spacial score (nSPS) is 11.8. The van der Waals surface area contributed by atoms with Crippen LogP contribution in [-0.2, 0) is 5.60 Å². The van der Waals surface area contributed by atoms with Gasteiger partial charge in [0.05, 0.1) is 5.69 Å². The van der Waals surface area contributed by atoms with E-state index in [1.165, 1.54) is 10.8 Å². The molecule has 0 atom stereocenters. The Labute approximate surface area is 136 Å². The van der Waals surface area contributed by atoms with Crippen molar-refractivity contribution in [1.82, 2.24) is 19.5 Å². The molecule has 0 bridgehead atoms. The number of hydrogen-bond acceptors (Lipinski definition) is 5. The molecule has 0 spiro atoms. The number of nitrogens with zero attached hydrogens (tertiary/aromatic N) is 4. The first-order chi connectivity index (χ1) is 10.8. The Morgan fingerprint density at radius 2 is 2.09 bits per heavy atom. The van der Waals surface area contributed by atoms with Gasteiger partial charge in [0.2, 0.25) is 5.28 Å². The lowest BCUT2D eigenvalue weighted by Crippen LogP contribution is -2.20. The lowest BCUT2D eigenvalue weighted by atomic mass is 10.1. The predicted octanol–water partition coefficient (Wildman–Crippen LogP) is 1.80. The minimum absolute atomic E-state index is 0.0477. The molecule has 0 radical (unpaired) electrons. The van der Waals surface area contributed by atoms with Crippen molar-refractivity contribution in [2.45, 2.75) is 19.4 Å². The second kappa shape index (κ2) is 5.29. The van der Waals surface area contributed by atoms with Gasteiger partial charge < -0.3 is 10.8 Å². The molecule has 1 amide bonds. The van der Waals surface area contributed by atoms with Crippen molar-refractivity contribution in [1.29, 1.82) is 0 Å². The fourth-order valence-electron chi connectivity index (χ4n) is 2.27. The second-order valence-electron chi connectivity index (χ2n) is 5.59. The molecule has 0 unspecified atom stereocenters. The zero-order chi connectivity index (χ0) is 16.8. The summed E-state index contributed by atoms with van der Waals surface area (Å²) in [4.78, 5) is 24.2. The highest BCUT2D eigenvalue weighted by molar-refractivity contribution is 6.28. The van der Waals surface area contributed by atoms with Gasteiger partial charge in [-0.15, -0.1) is 0 Å². The maximum Gasteiger partial charge on any atom is 0.265 e. The zero-order valence-electron chi connectivity index (χ0n) is 12.5. The van der Waals surface area contributed by atoms with Crippen LogP contribution in [-0.4, -0.2) is 30.5 Å². The van der Waals surface area contributed by atoms with Crippen LogP contribution in [0.15, 0.2) is 30.5 Å². The van der Waals surface area contributed by atoms with Crippen LogP contribution in [0.5, 0.6) is 0 Å². The van der Waals surface area contributed by atoms with Gasteiger partial charge in [-0.3, -0.25) is 9.36 Å². The van der Waals surface area contributed by atoms with E-state index in [0.29, 0.717) is 22.5 Å². The van der Waals surface area contributed by atoms with E-state index in [-0.39, 0.29) is 11.0 Å². The number of halogens is 1. The minimum Gasteiger partial charge on any atom is -0.384 e. The summed E-state index contributed by atoms with van der Waals surface area (Å²) in [6, 6.07) is 6.69. The van der Waals surface area contributed by atoms with E-state index >= 15 is 0 Å². The molecule has 7 nitrogen and oxygen atoms in total. The molecule has 23 heavy (non-hydrogen) atoms. The average molecular weight is 332 g/mol. The Balaban J connectivity index is 2.32. The van der Waals surface area contributed by atoms with E-state index in [9.17, 15) is 9.90 Å². The lowest BCUT2D eigenvalue weighted by molar-refractivity contribution is 0.0738.